The van der Waals surface area contributed by atoms with E-state index < -0.39 is 0 Å². The van der Waals surface area contributed by atoms with E-state index in [0.717, 1.165) is 18.8 Å². The highest BCUT2D eigenvalue weighted by molar-refractivity contribution is 5.91. The lowest BCUT2D eigenvalue weighted by Gasteiger charge is -2.17. The van der Waals surface area contributed by atoms with Crippen molar-refractivity contribution in [3.63, 3.8) is 0 Å². The summed E-state index contributed by atoms with van der Waals surface area (Å²) in [5.41, 5.74) is 1.98. The van der Waals surface area contributed by atoms with E-state index in [4.69, 9.17) is 4.52 Å². The third-order valence-electron chi connectivity index (χ3n) is 3.50. The van der Waals surface area contributed by atoms with Gasteiger partial charge in [-0.3, -0.25) is 4.79 Å². The van der Waals surface area contributed by atoms with Crippen LogP contribution in [0.2, 0.25) is 0 Å². The number of nitrogens with zero attached hydrogens (tertiary/aromatic N) is 3. The summed E-state index contributed by atoms with van der Waals surface area (Å²) in [5.74, 6) is 0.707. The van der Waals surface area contributed by atoms with Gasteiger partial charge in [-0.05, 0) is 44.0 Å². The number of rotatable bonds is 4. The molecular weight excluding hydrogens is 268 g/mol. The van der Waals surface area contributed by atoms with Gasteiger partial charge in [-0.15, -0.1) is 0 Å². The first kappa shape index (κ1) is 13.6. The summed E-state index contributed by atoms with van der Waals surface area (Å²) in [5, 5.41) is 6.49. The molecule has 1 aliphatic heterocycles. The van der Waals surface area contributed by atoms with Crippen molar-refractivity contribution in [2.24, 2.45) is 0 Å². The Morgan fingerprint density at radius 3 is 2.62 bits per heavy atom. The van der Waals surface area contributed by atoms with Crippen molar-refractivity contribution in [3.8, 4) is 0 Å². The number of carbonyl (C=O) groups excluding carboxylic acids is 1. The summed E-state index contributed by atoms with van der Waals surface area (Å²) in [6, 6.07) is 7.92. The first-order valence-electron chi connectivity index (χ1n) is 7.15. The molecule has 1 aromatic heterocycles. The molecule has 1 saturated heterocycles. The van der Waals surface area contributed by atoms with Crippen LogP contribution < -0.4 is 10.2 Å². The van der Waals surface area contributed by atoms with E-state index in [1.54, 1.807) is 6.92 Å². The molecule has 21 heavy (non-hydrogen) atoms. The van der Waals surface area contributed by atoms with Gasteiger partial charge in [0.25, 0.3) is 0 Å². The molecule has 3 rings (SSSR count). The molecule has 1 N–H and O–H groups in total. The fraction of sp³-hybridized carbons (Fsp3) is 0.400. The molecule has 110 valence electrons. The molecule has 1 amide bonds. The van der Waals surface area contributed by atoms with Gasteiger partial charge < -0.3 is 14.7 Å². The van der Waals surface area contributed by atoms with Crippen LogP contribution >= 0.6 is 0 Å². The molecule has 0 unspecified atom stereocenters. The van der Waals surface area contributed by atoms with Crippen LogP contribution in [-0.2, 0) is 11.2 Å². The van der Waals surface area contributed by atoms with Crippen molar-refractivity contribution in [1.82, 2.24) is 10.1 Å². The quantitative estimate of drug-likeness (QED) is 0.932. The molecule has 0 spiro atoms. The highest BCUT2D eigenvalue weighted by Crippen LogP contribution is 2.22. The first-order valence-corrected chi connectivity index (χ1v) is 7.15. The average molecular weight is 286 g/mol. The molecule has 1 fully saturated rings. The van der Waals surface area contributed by atoms with Crippen LogP contribution in [0.4, 0.5) is 11.4 Å². The van der Waals surface area contributed by atoms with Crippen LogP contribution in [0.15, 0.2) is 28.8 Å². The normalized spacial score (nSPS) is 14.4. The molecule has 0 saturated carbocycles. The third-order valence-corrected chi connectivity index (χ3v) is 3.50. The van der Waals surface area contributed by atoms with Gasteiger partial charge in [0.15, 0.2) is 5.82 Å². The highest BCUT2D eigenvalue weighted by atomic mass is 16.5. The van der Waals surface area contributed by atoms with Crippen molar-refractivity contribution in [2.75, 3.05) is 23.3 Å². The minimum Gasteiger partial charge on any atom is -0.372 e. The van der Waals surface area contributed by atoms with Gasteiger partial charge in [0, 0.05) is 24.5 Å². The number of anilines is 2. The Morgan fingerprint density at radius 2 is 2.00 bits per heavy atom. The summed E-state index contributed by atoms with van der Waals surface area (Å²) in [4.78, 5) is 18.3. The van der Waals surface area contributed by atoms with E-state index in [2.05, 4.69) is 20.4 Å². The van der Waals surface area contributed by atoms with Crippen LogP contribution in [0, 0.1) is 6.92 Å². The largest absolute Gasteiger partial charge is 0.372 e. The van der Waals surface area contributed by atoms with Crippen molar-refractivity contribution in [1.29, 1.82) is 0 Å². The van der Waals surface area contributed by atoms with Crippen LogP contribution in [0.25, 0.3) is 0 Å². The van der Waals surface area contributed by atoms with E-state index >= 15 is 0 Å². The molecular formula is C15H18N4O2. The number of aromatic nitrogens is 2. The number of nitrogens with one attached hydrogen (secondary N) is 1. The lowest BCUT2D eigenvalue weighted by Crippen LogP contribution is -2.18. The van der Waals surface area contributed by atoms with Crippen LogP contribution in [0.3, 0.4) is 0 Å². The molecule has 2 aromatic rings. The van der Waals surface area contributed by atoms with Gasteiger partial charge in [-0.2, -0.15) is 4.98 Å². The van der Waals surface area contributed by atoms with Gasteiger partial charge in [0.05, 0.1) is 0 Å². The molecule has 6 heteroatoms. The fourth-order valence-corrected chi connectivity index (χ4v) is 2.49. The molecule has 0 atom stereocenters. The summed E-state index contributed by atoms with van der Waals surface area (Å²) in [7, 11) is 0. The fourth-order valence-electron chi connectivity index (χ4n) is 2.49. The number of benzene rings is 1. The first-order chi connectivity index (χ1) is 10.2. The zero-order valence-electron chi connectivity index (χ0n) is 12.0. The Kier molecular flexibility index (Phi) is 3.85. The summed E-state index contributed by atoms with van der Waals surface area (Å²) >= 11 is 0. The van der Waals surface area contributed by atoms with Crippen LogP contribution in [0.5, 0.6) is 0 Å². The van der Waals surface area contributed by atoms with E-state index in [9.17, 15) is 4.79 Å². The Bertz CT molecular complexity index is 615. The van der Waals surface area contributed by atoms with Crippen LogP contribution in [0.1, 0.15) is 24.6 Å². The van der Waals surface area contributed by atoms with Gasteiger partial charge in [0.2, 0.25) is 11.8 Å². The third kappa shape index (κ3) is 3.39. The molecule has 2 heterocycles. The maximum atomic E-state index is 11.9. The smallest absolute Gasteiger partial charge is 0.236 e. The summed E-state index contributed by atoms with van der Waals surface area (Å²) < 4.78 is 4.93. The summed E-state index contributed by atoms with van der Waals surface area (Å²) in [6.45, 7) is 3.95. The Labute approximate surface area is 123 Å². The Balaban J connectivity index is 1.58. The van der Waals surface area contributed by atoms with E-state index in [-0.39, 0.29) is 12.3 Å². The maximum Gasteiger partial charge on any atom is 0.236 e. The maximum absolute atomic E-state index is 11.9. The number of hydrogen-bond donors (Lipinski definition) is 1. The second kappa shape index (κ2) is 5.95. The van der Waals surface area contributed by atoms with Crippen molar-refractivity contribution < 1.29 is 9.32 Å². The molecule has 0 bridgehead atoms. The summed E-state index contributed by atoms with van der Waals surface area (Å²) in [6.07, 6.45) is 2.60. The topological polar surface area (TPSA) is 71.3 Å². The highest BCUT2D eigenvalue weighted by Gasteiger charge is 2.13. The standard InChI is InChI=1S/C15H18N4O2/c1-11-16-15(21-18-11)10-14(20)17-12-4-6-13(7-5-12)19-8-2-3-9-19/h4-7H,2-3,8-10H2,1H3,(H,17,20). The van der Waals surface area contributed by atoms with E-state index in [1.807, 2.05) is 24.3 Å². The number of hydrogen-bond acceptors (Lipinski definition) is 5. The predicted octanol–water partition coefficient (Wildman–Crippen LogP) is 2.16. The minimum absolute atomic E-state index is 0.0920. The van der Waals surface area contributed by atoms with Crippen molar-refractivity contribution in [3.05, 3.63) is 36.0 Å². The number of carbonyl (C=O) groups is 1. The lowest BCUT2D eigenvalue weighted by molar-refractivity contribution is -0.115. The van der Waals surface area contributed by atoms with E-state index in [1.165, 1.54) is 18.5 Å². The van der Waals surface area contributed by atoms with Gasteiger partial charge in [-0.1, -0.05) is 5.16 Å². The lowest BCUT2D eigenvalue weighted by atomic mass is 10.2. The molecule has 1 aromatic carbocycles. The van der Waals surface area contributed by atoms with Crippen molar-refractivity contribution >= 4 is 17.3 Å². The minimum atomic E-state index is -0.160. The number of amides is 1. The second-order valence-corrected chi connectivity index (χ2v) is 5.20. The molecule has 0 aliphatic carbocycles. The van der Waals surface area contributed by atoms with E-state index in [0.29, 0.717) is 11.7 Å². The zero-order chi connectivity index (χ0) is 14.7. The monoisotopic (exact) mass is 286 g/mol. The Hall–Kier alpha value is -2.37. The zero-order valence-corrected chi connectivity index (χ0v) is 12.0. The van der Waals surface area contributed by atoms with Gasteiger partial charge >= 0.3 is 0 Å². The van der Waals surface area contributed by atoms with Gasteiger partial charge in [0.1, 0.15) is 6.42 Å². The van der Waals surface area contributed by atoms with Crippen LogP contribution in [-0.4, -0.2) is 29.1 Å². The van der Waals surface area contributed by atoms with Gasteiger partial charge in [-0.25, -0.2) is 0 Å². The SMILES string of the molecule is Cc1noc(CC(=O)Nc2ccc(N3CCCC3)cc2)n1. The number of aryl methyl sites for hydroxylation is 1. The average Bonchev–Trinajstić information content (AvgIpc) is 3.11. The Morgan fingerprint density at radius 1 is 1.29 bits per heavy atom. The van der Waals surface area contributed by atoms with Crippen molar-refractivity contribution in [2.45, 2.75) is 26.2 Å². The predicted molar refractivity (Wildman–Crippen MR) is 79.3 cm³/mol. The molecule has 1 aliphatic rings. The molecule has 6 nitrogen and oxygen atoms in total. The second-order valence-electron chi connectivity index (χ2n) is 5.20. The molecule has 0 radical (unpaired) electrons.